The number of fused-ring (bicyclic) bond motifs is 1. The number of carbonyl (C=O) groups is 1. The molecule has 0 bridgehead atoms. The van der Waals surface area contributed by atoms with Gasteiger partial charge < -0.3 is 9.73 Å². The van der Waals surface area contributed by atoms with Gasteiger partial charge in [-0.2, -0.15) is 0 Å². The number of hydrogen-bond acceptors (Lipinski definition) is 3. The molecular formula is C21H22N2O2. The highest BCUT2D eigenvalue weighted by Crippen LogP contribution is 2.40. The van der Waals surface area contributed by atoms with Gasteiger partial charge in [-0.25, -0.2) is 0 Å². The van der Waals surface area contributed by atoms with Crippen molar-refractivity contribution in [2.45, 2.75) is 38.5 Å². The van der Waals surface area contributed by atoms with Gasteiger partial charge in [0, 0.05) is 5.39 Å². The van der Waals surface area contributed by atoms with E-state index >= 15 is 0 Å². The second-order valence-electron chi connectivity index (χ2n) is 7.02. The average molecular weight is 334 g/mol. The van der Waals surface area contributed by atoms with Gasteiger partial charge in [0.05, 0.1) is 35.3 Å². The number of amides is 1. The van der Waals surface area contributed by atoms with Crippen LogP contribution in [0.5, 0.6) is 0 Å². The molecule has 25 heavy (non-hydrogen) atoms. The van der Waals surface area contributed by atoms with Gasteiger partial charge in [-0.1, -0.05) is 37.5 Å². The molecule has 1 saturated carbocycles. The van der Waals surface area contributed by atoms with Crippen LogP contribution in [0.3, 0.4) is 0 Å². The topological polar surface area (TPSA) is 55.1 Å². The van der Waals surface area contributed by atoms with Crippen LogP contribution in [0.2, 0.25) is 0 Å². The van der Waals surface area contributed by atoms with Crippen molar-refractivity contribution in [1.82, 2.24) is 4.98 Å². The third-order valence-corrected chi connectivity index (χ3v) is 5.26. The Morgan fingerprint density at radius 1 is 1.16 bits per heavy atom. The van der Waals surface area contributed by atoms with Crippen LogP contribution in [0.25, 0.3) is 10.9 Å². The predicted molar refractivity (Wildman–Crippen MR) is 98.3 cm³/mol. The highest BCUT2D eigenvalue weighted by atomic mass is 16.3. The van der Waals surface area contributed by atoms with Crippen LogP contribution >= 0.6 is 0 Å². The number of para-hydroxylation sites is 1. The van der Waals surface area contributed by atoms with E-state index in [-0.39, 0.29) is 11.3 Å². The van der Waals surface area contributed by atoms with Crippen LogP contribution in [0.1, 0.15) is 37.7 Å². The molecule has 4 nitrogen and oxygen atoms in total. The maximum absolute atomic E-state index is 13.2. The van der Waals surface area contributed by atoms with Crippen molar-refractivity contribution in [3.05, 3.63) is 60.7 Å². The minimum Gasteiger partial charge on any atom is -0.472 e. The number of hydrogen-bond donors (Lipinski definition) is 1. The van der Waals surface area contributed by atoms with Gasteiger partial charge in [0.25, 0.3) is 0 Å². The molecule has 0 unspecified atom stereocenters. The van der Waals surface area contributed by atoms with Crippen molar-refractivity contribution < 1.29 is 9.21 Å². The largest absolute Gasteiger partial charge is 0.472 e. The lowest BCUT2D eigenvalue weighted by Crippen LogP contribution is -2.39. The second-order valence-corrected chi connectivity index (χ2v) is 7.02. The summed E-state index contributed by atoms with van der Waals surface area (Å²) in [6.07, 6.45) is 11.2. The number of benzene rings is 1. The summed E-state index contributed by atoms with van der Waals surface area (Å²) in [6.45, 7) is 0. The Bertz CT molecular complexity index is 864. The van der Waals surface area contributed by atoms with Crippen LogP contribution in [0, 0.1) is 5.41 Å². The number of anilines is 1. The Balaban J connectivity index is 1.59. The van der Waals surface area contributed by atoms with E-state index in [1.165, 1.54) is 6.42 Å². The molecule has 0 atom stereocenters. The third kappa shape index (κ3) is 3.29. The van der Waals surface area contributed by atoms with Crippen molar-refractivity contribution in [2.24, 2.45) is 5.41 Å². The number of rotatable bonds is 4. The number of aromatic nitrogens is 1. The van der Waals surface area contributed by atoms with Crippen molar-refractivity contribution in [3.8, 4) is 0 Å². The molecule has 128 valence electrons. The Morgan fingerprint density at radius 3 is 2.80 bits per heavy atom. The molecule has 2 heterocycles. The molecule has 1 fully saturated rings. The highest BCUT2D eigenvalue weighted by molar-refractivity contribution is 5.97. The summed E-state index contributed by atoms with van der Waals surface area (Å²) < 4.78 is 5.21. The first kappa shape index (κ1) is 15.9. The van der Waals surface area contributed by atoms with Crippen molar-refractivity contribution in [1.29, 1.82) is 0 Å². The first-order valence-electron chi connectivity index (χ1n) is 8.93. The smallest absolute Gasteiger partial charge is 0.230 e. The quantitative estimate of drug-likeness (QED) is 0.733. The number of carbonyl (C=O) groups excluding carboxylic acids is 1. The van der Waals surface area contributed by atoms with Crippen molar-refractivity contribution >= 4 is 22.5 Å². The van der Waals surface area contributed by atoms with E-state index in [1.54, 1.807) is 18.7 Å². The molecule has 2 aromatic heterocycles. The molecule has 0 radical (unpaired) electrons. The van der Waals surface area contributed by atoms with Crippen LogP contribution in [0.15, 0.2) is 59.5 Å². The number of pyridine rings is 1. The fourth-order valence-corrected chi connectivity index (χ4v) is 3.90. The summed E-state index contributed by atoms with van der Waals surface area (Å²) in [7, 11) is 0. The molecule has 1 amide bonds. The molecule has 1 aromatic carbocycles. The summed E-state index contributed by atoms with van der Waals surface area (Å²) in [5.74, 6) is 0.102. The number of nitrogens with zero attached hydrogens (tertiary/aromatic N) is 1. The molecule has 1 aliphatic carbocycles. The lowest BCUT2D eigenvalue weighted by atomic mass is 9.70. The maximum atomic E-state index is 13.2. The number of nitrogens with one attached hydrogen (secondary N) is 1. The average Bonchev–Trinajstić information content (AvgIpc) is 3.15. The van der Waals surface area contributed by atoms with Gasteiger partial charge in [0.15, 0.2) is 0 Å². The Hall–Kier alpha value is -2.62. The Labute approximate surface area is 147 Å². The van der Waals surface area contributed by atoms with E-state index in [4.69, 9.17) is 4.42 Å². The van der Waals surface area contributed by atoms with Gasteiger partial charge in [-0.05, 0) is 43.0 Å². The molecule has 1 aliphatic rings. The first-order chi connectivity index (χ1) is 12.3. The van der Waals surface area contributed by atoms with E-state index < -0.39 is 0 Å². The summed E-state index contributed by atoms with van der Waals surface area (Å²) >= 11 is 0. The molecule has 3 aromatic rings. The van der Waals surface area contributed by atoms with Crippen LogP contribution in [-0.4, -0.2) is 10.9 Å². The van der Waals surface area contributed by atoms with Gasteiger partial charge in [-0.15, -0.1) is 0 Å². The number of furan rings is 1. The van der Waals surface area contributed by atoms with Gasteiger partial charge >= 0.3 is 0 Å². The fourth-order valence-electron chi connectivity index (χ4n) is 3.90. The molecular weight excluding hydrogens is 312 g/mol. The van der Waals surface area contributed by atoms with Gasteiger partial charge in [0.1, 0.15) is 0 Å². The van der Waals surface area contributed by atoms with E-state index in [1.807, 2.05) is 36.4 Å². The predicted octanol–water partition coefficient (Wildman–Crippen LogP) is 4.96. The minimum absolute atomic E-state index is 0.102. The van der Waals surface area contributed by atoms with E-state index in [2.05, 4.69) is 10.3 Å². The summed E-state index contributed by atoms with van der Waals surface area (Å²) in [5, 5.41) is 4.16. The summed E-state index contributed by atoms with van der Waals surface area (Å²) in [6, 6.07) is 11.9. The molecule has 4 heteroatoms. The standard InChI is InChI=1S/C21H22N2O2/c24-20(23-18-12-17-6-2-3-7-19(17)22-14-18)21(9-4-1-5-10-21)13-16-8-11-25-15-16/h2-3,6-8,11-12,14-15H,1,4-5,9-10,13H2,(H,23,24). The molecule has 0 saturated heterocycles. The zero-order valence-electron chi connectivity index (χ0n) is 14.2. The van der Waals surface area contributed by atoms with Crippen LogP contribution in [-0.2, 0) is 11.2 Å². The monoisotopic (exact) mass is 334 g/mol. The highest BCUT2D eigenvalue weighted by Gasteiger charge is 2.39. The third-order valence-electron chi connectivity index (χ3n) is 5.26. The lowest BCUT2D eigenvalue weighted by Gasteiger charge is -2.35. The molecule has 1 N–H and O–H groups in total. The maximum Gasteiger partial charge on any atom is 0.230 e. The molecule has 0 spiro atoms. The van der Waals surface area contributed by atoms with E-state index in [0.717, 1.165) is 54.3 Å². The second kappa shape index (κ2) is 6.71. The van der Waals surface area contributed by atoms with Crippen molar-refractivity contribution in [3.63, 3.8) is 0 Å². The van der Waals surface area contributed by atoms with Gasteiger partial charge in [-0.3, -0.25) is 9.78 Å². The SMILES string of the molecule is O=C(Nc1cnc2ccccc2c1)C1(Cc2ccoc2)CCCCC1. The normalized spacial score (nSPS) is 16.6. The van der Waals surface area contributed by atoms with Crippen molar-refractivity contribution in [2.75, 3.05) is 5.32 Å². The van der Waals surface area contributed by atoms with Gasteiger partial charge in [0.2, 0.25) is 5.91 Å². The van der Waals surface area contributed by atoms with E-state index in [9.17, 15) is 4.79 Å². The Morgan fingerprint density at radius 2 is 2.00 bits per heavy atom. The Kier molecular flexibility index (Phi) is 4.26. The summed E-state index contributed by atoms with van der Waals surface area (Å²) in [4.78, 5) is 17.6. The minimum atomic E-state index is -0.353. The lowest BCUT2D eigenvalue weighted by molar-refractivity contribution is -0.127. The molecule has 0 aliphatic heterocycles. The van der Waals surface area contributed by atoms with Crippen LogP contribution in [0.4, 0.5) is 5.69 Å². The summed E-state index contributed by atoms with van der Waals surface area (Å²) in [5.41, 5.74) is 2.44. The van der Waals surface area contributed by atoms with E-state index in [0.29, 0.717) is 0 Å². The first-order valence-corrected chi connectivity index (χ1v) is 8.93. The zero-order chi connectivity index (χ0) is 17.1. The zero-order valence-corrected chi connectivity index (χ0v) is 14.2. The fraction of sp³-hybridized carbons (Fsp3) is 0.333. The molecule has 4 rings (SSSR count). The van der Waals surface area contributed by atoms with Crippen LogP contribution < -0.4 is 5.32 Å².